The molecule has 2 heterocycles. The van der Waals surface area contributed by atoms with Crippen LogP contribution in [0.25, 0.3) is 10.8 Å². The first kappa shape index (κ1) is 17.0. The van der Waals surface area contributed by atoms with Gasteiger partial charge in [0.2, 0.25) is 0 Å². The molecule has 0 saturated carbocycles. The van der Waals surface area contributed by atoms with Gasteiger partial charge in [-0.05, 0) is 37.4 Å². The van der Waals surface area contributed by atoms with Gasteiger partial charge in [-0.1, -0.05) is 37.1 Å². The Morgan fingerprint density at radius 2 is 1.75 bits per heavy atom. The van der Waals surface area contributed by atoms with Crippen LogP contribution in [0, 0.1) is 0 Å². The molecule has 0 radical (unpaired) electrons. The molecular weight excluding hydrogens is 315 g/mol. The lowest BCUT2D eigenvalue weighted by molar-refractivity contribution is -0.140. The van der Waals surface area contributed by atoms with E-state index in [4.69, 9.17) is 0 Å². The molecule has 1 aromatic carbocycles. The van der Waals surface area contributed by atoms with Gasteiger partial charge in [-0.15, -0.1) is 0 Å². The summed E-state index contributed by atoms with van der Waals surface area (Å²) >= 11 is 0. The van der Waals surface area contributed by atoms with Gasteiger partial charge in [0.05, 0.1) is 0 Å². The number of fused-ring (bicyclic) bond motifs is 1. The summed E-state index contributed by atoms with van der Waals surface area (Å²) in [7, 11) is 0. The van der Waals surface area contributed by atoms with E-state index in [0.29, 0.717) is 17.7 Å². The second-order valence-corrected chi connectivity index (χ2v) is 6.26. The standard InChI is InChI=1S/C18H22F3N3/c19-18(20,21)16-13-14-7-3-4-8-15(14)17(23-16)22-9-12-24-10-5-1-2-6-11-24/h3-4,7-8,13H,1-2,5-6,9-12H2,(H,22,23). The summed E-state index contributed by atoms with van der Waals surface area (Å²) < 4.78 is 39.2. The highest BCUT2D eigenvalue weighted by Crippen LogP contribution is 2.32. The van der Waals surface area contributed by atoms with Crippen LogP contribution in [-0.4, -0.2) is 36.1 Å². The number of anilines is 1. The molecule has 1 aliphatic heterocycles. The third-order valence-electron chi connectivity index (χ3n) is 4.45. The smallest absolute Gasteiger partial charge is 0.368 e. The number of pyridine rings is 1. The Labute approximate surface area is 139 Å². The van der Waals surface area contributed by atoms with Crippen molar-refractivity contribution in [2.24, 2.45) is 0 Å². The second-order valence-electron chi connectivity index (χ2n) is 6.26. The van der Waals surface area contributed by atoms with E-state index >= 15 is 0 Å². The predicted molar refractivity (Wildman–Crippen MR) is 90.1 cm³/mol. The van der Waals surface area contributed by atoms with Crippen molar-refractivity contribution in [3.05, 3.63) is 36.0 Å². The van der Waals surface area contributed by atoms with Crippen LogP contribution < -0.4 is 5.32 Å². The van der Waals surface area contributed by atoms with Gasteiger partial charge in [0.1, 0.15) is 11.5 Å². The van der Waals surface area contributed by atoms with Crippen molar-refractivity contribution < 1.29 is 13.2 Å². The summed E-state index contributed by atoms with van der Waals surface area (Å²) in [4.78, 5) is 6.19. The zero-order valence-corrected chi connectivity index (χ0v) is 13.6. The zero-order chi connectivity index (χ0) is 17.0. The Morgan fingerprint density at radius 1 is 1.04 bits per heavy atom. The number of nitrogens with zero attached hydrogens (tertiary/aromatic N) is 2. The molecule has 0 aliphatic carbocycles. The monoisotopic (exact) mass is 337 g/mol. The average molecular weight is 337 g/mol. The van der Waals surface area contributed by atoms with Crippen molar-refractivity contribution in [1.29, 1.82) is 0 Å². The first-order valence-corrected chi connectivity index (χ1v) is 8.47. The Balaban J connectivity index is 1.75. The molecule has 2 aromatic rings. The van der Waals surface area contributed by atoms with E-state index in [1.165, 1.54) is 25.7 Å². The Kier molecular flexibility index (Phi) is 5.23. The second kappa shape index (κ2) is 7.38. The van der Waals surface area contributed by atoms with Gasteiger partial charge in [-0.25, -0.2) is 4.98 Å². The van der Waals surface area contributed by atoms with Crippen molar-refractivity contribution in [1.82, 2.24) is 9.88 Å². The summed E-state index contributed by atoms with van der Waals surface area (Å²) in [6.07, 6.45) is 0.494. The molecule has 3 rings (SSSR count). The number of benzene rings is 1. The lowest BCUT2D eigenvalue weighted by Gasteiger charge is -2.20. The van der Waals surface area contributed by atoms with E-state index in [1.54, 1.807) is 18.2 Å². The summed E-state index contributed by atoms with van der Waals surface area (Å²) in [5.41, 5.74) is -0.849. The first-order valence-electron chi connectivity index (χ1n) is 8.47. The van der Waals surface area contributed by atoms with Crippen molar-refractivity contribution in [3.63, 3.8) is 0 Å². The predicted octanol–water partition coefficient (Wildman–Crippen LogP) is 4.54. The molecule has 1 fully saturated rings. The molecule has 3 nitrogen and oxygen atoms in total. The molecule has 130 valence electrons. The maximum atomic E-state index is 13.1. The van der Waals surface area contributed by atoms with Crippen molar-refractivity contribution in [2.75, 3.05) is 31.5 Å². The minimum Gasteiger partial charge on any atom is -0.368 e. The lowest BCUT2D eigenvalue weighted by Crippen LogP contribution is -2.30. The molecule has 1 N–H and O–H groups in total. The summed E-state index contributed by atoms with van der Waals surface area (Å²) in [6.45, 7) is 3.56. The highest BCUT2D eigenvalue weighted by atomic mass is 19.4. The minimum absolute atomic E-state index is 0.315. The summed E-state index contributed by atoms with van der Waals surface area (Å²) in [5, 5.41) is 4.39. The third-order valence-corrected chi connectivity index (χ3v) is 4.45. The van der Waals surface area contributed by atoms with E-state index in [0.717, 1.165) is 31.1 Å². The van der Waals surface area contributed by atoms with Crippen molar-refractivity contribution in [2.45, 2.75) is 31.9 Å². The van der Waals surface area contributed by atoms with Gasteiger partial charge >= 0.3 is 6.18 Å². The molecule has 1 saturated heterocycles. The number of aromatic nitrogens is 1. The van der Waals surface area contributed by atoms with Crippen LogP contribution in [0.2, 0.25) is 0 Å². The van der Waals surface area contributed by atoms with Crippen LogP contribution in [0.4, 0.5) is 19.0 Å². The summed E-state index contributed by atoms with van der Waals surface area (Å²) in [6, 6.07) is 8.15. The topological polar surface area (TPSA) is 28.2 Å². The summed E-state index contributed by atoms with van der Waals surface area (Å²) in [5.74, 6) is 0.315. The van der Waals surface area contributed by atoms with Crippen molar-refractivity contribution in [3.8, 4) is 0 Å². The number of likely N-dealkylation sites (tertiary alicyclic amines) is 1. The molecule has 24 heavy (non-hydrogen) atoms. The molecule has 0 spiro atoms. The quantitative estimate of drug-likeness (QED) is 0.888. The largest absolute Gasteiger partial charge is 0.433 e. The Hall–Kier alpha value is -1.82. The highest BCUT2D eigenvalue weighted by Gasteiger charge is 2.33. The van der Waals surface area contributed by atoms with Gasteiger partial charge in [0.25, 0.3) is 0 Å². The maximum absolute atomic E-state index is 13.1. The fraction of sp³-hybridized carbons (Fsp3) is 0.500. The molecule has 0 bridgehead atoms. The number of rotatable bonds is 4. The third kappa shape index (κ3) is 4.17. The van der Waals surface area contributed by atoms with E-state index in [9.17, 15) is 13.2 Å². The van der Waals surface area contributed by atoms with E-state index in [1.807, 2.05) is 6.07 Å². The SMILES string of the molecule is FC(F)(F)c1cc2ccccc2c(NCCN2CCCCCC2)n1. The maximum Gasteiger partial charge on any atom is 0.433 e. The van der Waals surface area contributed by atoms with Gasteiger partial charge in [-0.2, -0.15) is 13.2 Å². The lowest BCUT2D eigenvalue weighted by atomic mass is 10.1. The first-order chi connectivity index (χ1) is 11.5. The van der Waals surface area contributed by atoms with Crippen LogP contribution in [0.3, 0.4) is 0 Å². The van der Waals surface area contributed by atoms with E-state index in [2.05, 4.69) is 15.2 Å². The van der Waals surface area contributed by atoms with Gasteiger partial charge in [0, 0.05) is 18.5 Å². The van der Waals surface area contributed by atoms with E-state index < -0.39 is 11.9 Å². The number of hydrogen-bond acceptors (Lipinski definition) is 3. The molecule has 1 aliphatic rings. The van der Waals surface area contributed by atoms with Gasteiger partial charge in [0.15, 0.2) is 0 Å². The van der Waals surface area contributed by atoms with Crippen LogP contribution in [0.15, 0.2) is 30.3 Å². The molecule has 0 amide bonds. The molecular formula is C18H22F3N3. The number of hydrogen-bond donors (Lipinski definition) is 1. The zero-order valence-electron chi connectivity index (χ0n) is 13.6. The van der Waals surface area contributed by atoms with Crippen LogP contribution in [0.5, 0.6) is 0 Å². The van der Waals surface area contributed by atoms with Gasteiger partial charge in [-0.3, -0.25) is 0 Å². The fourth-order valence-electron chi connectivity index (χ4n) is 3.17. The Bertz CT molecular complexity index is 677. The highest BCUT2D eigenvalue weighted by molar-refractivity contribution is 5.92. The minimum atomic E-state index is -4.44. The molecule has 0 unspecified atom stereocenters. The molecule has 1 aromatic heterocycles. The van der Waals surface area contributed by atoms with Crippen molar-refractivity contribution >= 4 is 16.6 Å². The normalized spacial score (nSPS) is 17.0. The van der Waals surface area contributed by atoms with Crippen LogP contribution >= 0.6 is 0 Å². The number of nitrogens with one attached hydrogen (secondary N) is 1. The number of halogens is 3. The fourth-order valence-corrected chi connectivity index (χ4v) is 3.17. The van der Waals surface area contributed by atoms with E-state index in [-0.39, 0.29) is 0 Å². The Morgan fingerprint density at radius 3 is 2.46 bits per heavy atom. The molecule has 0 atom stereocenters. The van der Waals surface area contributed by atoms with Crippen LogP contribution in [-0.2, 0) is 6.18 Å². The number of alkyl halides is 3. The van der Waals surface area contributed by atoms with Crippen LogP contribution in [0.1, 0.15) is 31.4 Å². The molecule has 6 heteroatoms. The van der Waals surface area contributed by atoms with Gasteiger partial charge < -0.3 is 10.2 Å². The average Bonchev–Trinajstić information content (AvgIpc) is 2.82.